The third-order valence-electron chi connectivity index (χ3n) is 2.35. The molecular weight excluding hydrogens is 248 g/mol. The van der Waals surface area contributed by atoms with Crippen molar-refractivity contribution in [2.75, 3.05) is 6.54 Å². The Bertz CT molecular complexity index is 561. The van der Waals surface area contributed by atoms with E-state index in [1.54, 1.807) is 12.4 Å². The van der Waals surface area contributed by atoms with E-state index in [1.165, 1.54) is 17.4 Å². The number of nitrogens with zero attached hydrogens (tertiary/aromatic N) is 2. The van der Waals surface area contributed by atoms with Gasteiger partial charge in [0.15, 0.2) is 10.4 Å². The summed E-state index contributed by atoms with van der Waals surface area (Å²) in [7, 11) is 0. The minimum Gasteiger partial charge on any atom is -0.367 e. The highest BCUT2D eigenvalue weighted by Gasteiger charge is 2.09. The topological polar surface area (TPSA) is 70.7 Å². The molecule has 0 aliphatic carbocycles. The third-order valence-corrected chi connectivity index (χ3v) is 3.31. The van der Waals surface area contributed by atoms with Crippen LogP contribution in [0.3, 0.4) is 0 Å². The van der Waals surface area contributed by atoms with E-state index in [4.69, 9.17) is 0 Å². The van der Waals surface area contributed by atoms with Gasteiger partial charge >= 0.3 is 0 Å². The van der Waals surface area contributed by atoms with E-state index in [-0.39, 0.29) is 5.43 Å². The van der Waals surface area contributed by atoms with E-state index < -0.39 is 0 Å². The summed E-state index contributed by atoms with van der Waals surface area (Å²) < 4.78 is 0. The van der Waals surface area contributed by atoms with Crippen LogP contribution in [0.1, 0.15) is 18.9 Å². The van der Waals surface area contributed by atoms with Crippen molar-refractivity contribution < 1.29 is 0 Å². The molecule has 5 nitrogen and oxygen atoms in total. The molecule has 0 amide bonds. The highest BCUT2D eigenvalue weighted by Crippen LogP contribution is 2.19. The summed E-state index contributed by atoms with van der Waals surface area (Å²) in [6.45, 7) is 5.95. The Balaban J connectivity index is 2.07. The fourth-order valence-electron chi connectivity index (χ4n) is 1.48. The lowest BCUT2D eigenvalue weighted by molar-refractivity contribution is 0.550. The van der Waals surface area contributed by atoms with Crippen molar-refractivity contribution in [3.63, 3.8) is 0 Å². The van der Waals surface area contributed by atoms with Crippen LogP contribution in [0.5, 0.6) is 0 Å². The Kier molecular flexibility index (Phi) is 4.22. The molecule has 0 aliphatic rings. The molecule has 0 aromatic carbocycles. The van der Waals surface area contributed by atoms with Gasteiger partial charge in [-0.2, -0.15) is 0 Å². The molecule has 0 radical (unpaired) electrons. The zero-order valence-corrected chi connectivity index (χ0v) is 11.3. The van der Waals surface area contributed by atoms with Crippen molar-refractivity contribution in [3.05, 3.63) is 33.7 Å². The molecule has 0 unspecified atom stereocenters. The van der Waals surface area contributed by atoms with Gasteiger partial charge in [-0.05, 0) is 12.5 Å². The molecular formula is C12H16N4OS. The average molecular weight is 264 g/mol. The summed E-state index contributed by atoms with van der Waals surface area (Å²) >= 11 is 1.45. The van der Waals surface area contributed by atoms with Crippen molar-refractivity contribution in [1.82, 2.24) is 20.5 Å². The van der Waals surface area contributed by atoms with Crippen LogP contribution in [-0.4, -0.2) is 21.7 Å². The Morgan fingerprint density at radius 2 is 2.28 bits per heavy atom. The second-order valence-corrected chi connectivity index (χ2v) is 5.51. The largest absolute Gasteiger partial charge is 0.367 e. The van der Waals surface area contributed by atoms with E-state index in [1.807, 2.05) is 0 Å². The summed E-state index contributed by atoms with van der Waals surface area (Å²) in [5.74, 6) is 0.606. The van der Waals surface area contributed by atoms with Crippen LogP contribution in [0.25, 0.3) is 10.6 Å². The molecule has 2 aromatic heterocycles. The lowest BCUT2D eigenvalue weighted by Crippen LogP contribution is -2.18. The van der Waals surface area contributed by atoms with Crippen molar-refractivity contribution in [3.8, 4) is 10.6 Å². The van der Waals surface area contributed by atoms with Gasteiger partial charge in [0.1, 0.15) is 5.01 Å². The van der Waals surface area contributed by atoms with E-state index in [0.29, 0.717) is 23.0 Å². The quantitative estimate of drug-likeness (QED) is 0.861. The van der Waals surface area contributed by atoms with E-state index >= 15 is 0 Å². The van der Waals surface area contributed by atoms with Gasteiger partial charge in [0.05, 0.1) is 5.56 Å². The zero-order chi connectivity index (χ0) is 13.0. The molecule has 0 saturated heterocycles. The van der Waals surface area contributed by atoms with Gasteiger partial charge < -0.3 is 10.3 Å². The molecule has 0 atom stereocenters. The molecule has 0 aliphatic heterocycles. The van der Waals surface area contributed by atoms with Crippen molar-refractivity contribution in [2.45, 2.75) is 20.4 Å². The molecule has 0 saturated carbocycles. The SMILES string of the molecule is CC(C)CNCc1nnc(-c2c[nH]ccc2=O)s1. The van der Waals surface area contributed by atoms with Gasteiger partial charge in [0, 0.05) is 25.0 Å². The second kappa shape index (κ2) is 5.88. The summed E-state index contributed by atoms with van der Waals surface area (Å²) in [5, 5.41) is 13.0. The monoisotopic (exact) mass is 264 g/mol. The maximum absolute atomic E-state index is 11.6. The molecule has 2 rings (SSSR count). The highest BCUT2D eigenvalue weighted by atomic mass is 32.1. The Labute approximate surface area is 109 Å². The second-order valence-electron chi connectivity index (χ2n) is 4.45. The minimum atomic E-state index is -0.0356. The third kappa shape index (κ3) is 3.24. The molecule has 2 heterocycles. The molecule has 2 aromatic rings. The van der Waals surface area contributed by atoms with E-state index in [0.717, 1.165) is 11.6 Å². The van der Waals surface area contributed by atoms with E-state index in [9.17, 15) is 4.79 Å². The summed E-state index contributed by atoms with van der Waals surface area (Å²) in [4.78, 5) is 14.5. The zero-order valence-electron chi connectivity index (χ0n) is 10.4. The lowest BCUT2D eigenvalue weighted by atomic mass is 10.2. The van der Waals surface area contributed by atoms with E-state index in [2.05, 4.69) is 34.3 Å². The van der Waals surface area contributed by atoms with Crippen LogP contribution in [0.15, 0.2) is 23.3 Å². The molecule has 2 N–H and O–H groups in total. The van der Waals surface area contributed by atoms with Gasteiger partial charge in [-0.25, -0.2) is 0 Å². The number of aromatic amines is 1. The Hall–Kier alpha value is -1.53. The van der Waals surface area contributed by atoms with Gasteiger partial charge in [0.2, 0.25) is 0 Å². The standard InChI is InChI=1S/C12H16N4OS/c1-8(2)5-14-7-11-15-16-12(18-11)9-6-13-4-3-10(9)17/h3-4,6,8,14H,5,7H2,1-2H3,(H,13,17). The number of hydrogen-bond donors (Lipinski definition) is 2. The van der Waals surface area contributed by atoms with Crippen LogP contribution < -0.4 is 10.7 Å². The molecule has 0 spiro atoms. The average Bonchev–Trinajstić information content (AvgIpc) is 2.78. The molecule has 0 fully saturated rings. The highest BCUT2D eigenvalue weighted by molar-refractivity contribution is 7.14. The lowest BCUT2D eigenvalue weighted by Gasteiger charge is -2.03. The van der Waals surface area contributed by atoms with Crippen LogP contribution in [0.4, 0.5) is 0 Å². The Morgan fingerprint density at radius 3 is 3.00 bits per heavy atom. The van der Waals surface area contributed by atoms with Gasteiger partial charge in [0.25, 0.3) is 0 Å². The number of hydrogen-bond acceptors (Lipinski definition) is 5. The number of aromatic nitrogens is 3. The summed E-state index contributed by atoms with van der Waals surface area (Å²) in [6, 6.07) is 1.49. The summed E-state index contributed by atoms with van der Waals surface area (Å²) in [6.07, 6.45) is 3.27. The fourth-order valence-corrected chi connectivity index (χ4v) is 2.32. The first-order valence-electron chi connectivity index (χ1n) is 5.87. The predicted molar refractivity (Wildman–Crippen MR) is 72.5 cm³/mol. The van der Waals surface area contributed by atoms with Crippen LogP contribution in [0, 0.1) is 5.92 Å². The Morgan fingerprint density at radius 1 is 1.44 bits per heavy atom. The number of rotatable bonds is 5. The van der Waals surface area contributed by atoms with Crippen LogP contribution >= 0.6 is 11.3 Å². The molecule has 96 valence electrons. The maximum atomic E-state index is 11.6. The van der Waals surface area contributed by atoms with Crippen LogP contribution in [0.2, 0.25) is 0 Å². The van der Waals surface area contributed by atoms with Crippen molar-refractivity contribution >= 4 is 11.3 Å². The van der Waals surface area contributed by atoms with Gasteiger partial charge in [-0.3, -0.25) is 4.79 Å². The first-order chi connectivity index (χ1) is 8.66. The normalized spacial score (nSPS) is 11.1. The van der Waals surface area contributed by atoms with Crippen molar-refractivity contribution in [2.24, 2.45) is 5.92 Å². The summed E-state index contributed by atoms with van der Waals surface area (Å²) in [5.41, 5.74) is 0.539. The van der Waals surface area contributed by atoms with Gasteiger partial charge in [-0.1, -0.05) is 25.2 Å². The molecule has 18 heavy (non-hydrogen) atoms. The van der Waals surface area contributed by atoms with Crippen molar-refractivity contribution in [1.29, 1.82) is 0 Å². The molecule has 6 heteroatoms. The number of nitrogens with one attached hydrogen (secondary N) is 2. The fraction of sp³-hybridized carbons (Fsp3) is 0.417. The number of pyridine rings is 1. The van der Waals surface area contributed by atoms with Gasteiger partial charge in [-0.15, -0.1) is 10.2 Å². The predicted octanol–water partition coefficient (Wildman–Crippen LogP) is 1.64. The number of H-pyrrole nitrogens is 1. The maximum Gasteiger partial charge on any atom is 0.191 e. The first-order valence-corrected chi connectivity index (χ1v) is 6.69. The smallest absolute Gasteiger partial charge is 0.191 e. The first kappa shape index (κ1) is 12.9. The molecule has 0 bridgehead atoms. The minimum absolute atomic E-state index is 0.0356. The van der Waals surface area contributed by atoms with Crippen LogP contribution in [-0.2, 0) is 6.54 Å².